The monoisotopic (exact) mass is 412 g/mol. The Bertz CT molecular complexity index is 745. The third-order valence-corrected chi connectivity index (χ3v) is 5.24. The molecule has 1 heterocycles. The number of nitrogens with one attached hydrogen (secondary N) is 2. The van der Waals surface area contributed by atoms with E-state index in [2.05, 4.69) is 82.8 Å². The Labute approximate surface area is 180 Å². The van der Waals surface area contributed by atoms with Crippen LogP contribution in [-0.4, -0.2) is 55.4 Å². The lowest BCUT2D eigenvalue weighted by Gasteiger charge is -2.29. The molecule has 0 amide bonds. The second-order valence-corrected chi connectivity index (χ2v) is 7.94. The summed E-state index contributed by atoms with van der Waals surface area (Å²) in [6.45, 7) is 10.1. The van der Waals surface area contributed by atoms with E-state index in [0.29, 0.717) is 11.2 Å². The Kier molecular flexibility index (Phi) is 8.28. The summed E-state index contributed by atoms with van der Waals surface area (Å²) in [5.74, 6) is 0. The van der Waals surface area contributed by atoms with E-state index < -0.39 is 0 Å². The normalized spacial score (nSPS) is 14.6. The van der Waals surface area contributed by atoms with Crippen LogP contribution in [0.3, 0.4) is 0 Å². The zero-order chi connectivity index (χ0) is 20.5. The SMILES string of the molecule is CC(C)N(c1ccccc1)c1ccc(NC(=S)NCCCN2CCOCC2)cc1. The number of hydrogen-bond acceptors (Lipinski definition) is 4. The zero-order valence-corrected chi connectivity index (χ0v) is 18.3. The van der Waals surface area contributed by atoms with E-state index in [4.69, 9.17) is 17.0 Å². The number of ether oxygens (including phenoxy) is 1. The molecular formula is C23H32N4OS. The van der Waals surface area contributed by atoms with Gasteiger partial charge >= 0.3 is 0 Å². The summed E-state index contributed by atoms with van der Waals surface area (Å²) < 4.78 is 5.38. The quantitative estimate of drug-likeness (QED) is 0.499. The fraction of sp³-hybridized carbons (Fsp3) is 0.435. The predicted molar refractivity (Wildman–Crippen MR) is 126 cm³/mol. The van der Waals surface area contributed by atoms with Gasteiger partial charge in [-0.2, -0.15) is 0 Å². The van der Waals surface area contributed by atoms with E-state index in [1.165, 1.54) is 11.4 Å². The molecule has 5 nitrogen and oxygen atoms in total. The fourth-order valence-corrected chi connectivity index (χ4v) is 3.76. The lowest BCUT2D eigenvalue weighted by Crippen LogP contribution is -2.38. The van der Waals surface area contributed by atoms with E-state index in [1.807, 2.05) is 6.07 Å². The second kappa shape index (κ2) is 11.1. The van der Waals surface area contributed by atoms with Gasteiger partial charge in [0.1, 0.15) is 0 Å². The number of hydrogen-bond donors (Lipinski definition) is 2. The minimum absolute atomic E-state index is 0.366. The number of nitrogens with zero attached hydrogens (tertiary/aromatic N) is 2. The molecule has 0 saturated carbocycles. The van der Waals surface area contributed by atoms with Crippen LogP contribution in [0.5, 0.6) is 0 Å². The van der Waals surface area contributed by atoms with Crippen molar-refractivity contribution in [1.29, 1.82) is 0 Å². The lowest BCUT2D eigenvalue weighted by molar-refractivity contribution is 0.0376. The Balaban J connectivity index is 1.47. The summed E-state index contributed by atoms with van der Waals surface area (Å²) in [7, 11) is 0. The Morgan fingerprint density at radius 1 is 1.03 bits per heavy atom. The van der Waals surface area contributed by atoms with Crippen molar-refractivity contribution in [3.05, 3.63) is 54.6 Å². The van der Waals surface area contributed by atoms with Crippen LogP contribution >= 0.6 is 12.2 Å². The average Bonchev–Trinajstić information content (AvgIpc) is 2.74. The molecule has 0 bridgehead atoms. The summed E-state index contributed by atoms with van der Waals surface area (Å²) in [5, 5.41) is 7.26. The third-order valence-electron chi connectivity index (χ3n) is 4.99. The Morgan fingerprint density at radius 3 is 2.34 bits per heavy atom. The molecule has 0 atom stereocenters. The Hall–Kier alpha value is -2.15. The fourth-order valence-electron chi connectivity index (χ4n) is 3.54. The van der Waals surface area contributed by atoms with Crippen LogP contribution in [0, 0.1) is 0 Å². The van der Waals surface area contributed by atoms with Crippen molar-refractivity contribution in [2.24, 2.45) is 0 Å². The second-order valence-electron chi connectivity index (χ2n) is 7.53. The smallest absolute Gasteiger partial charge is 0.170 e. The van der Waals surface area contributed by atoms with Gasteiger partial charge in [0.15, 0.2) is 5.11 Å². The molecule has 2 aromatic carbocycles. The van der Waals surface area contributed by atoms with Crippen molar-refractivity contribution < 1.29 is 4.74 Å². The van der Waals surface area contributed by atoms with Gasteiger partial charge < -0.3 is 20.3 Å². The van der Waals surface area contributed by atoms with Gasteiger partial charge in [-0.25, -0.2) is 0 Å². The third kappa shape index (κ3) is 6.70. The van der Waals surface area contributed by atoms with Crippen LogP contribution in [0.2, 0.25) is 0 Å². The summed E-state index contributed by atoms with van der Waals surface area (Å²) >= 11 is 5.44. The highest BCUT2D eigenvalue weighted by molar-refractivity contribution is 7.80. The zero-order valence-electron chi connectivity index (χ0n) is 17.4. The van der Waals surface area contributed by atoms with Crippen LogP contribution < -0.4 is 15.5 Å². The van der Waals surface area contributed by atoms with Crippen molar-refractivity contribution in [3.63, 3.8) is 0 Å². The number of benzene rings is 2. The van der Waals surface area contributed by atoms with E-state index in [1.54, 1.807) is 0 Å². The molecule has 0 spiro atoms. The maximum Gasteiger partial charge on any atom is 0.170 e. The molecule has 6 heteroatoms. The molecule has 2 N–H and O–H groups in total. The van der Waals surface area contributed by atoms with Gasteiger partial charge in [0.25, 0.3) is 0 Å². The summed E-state index contributed by atoms with van der Waals surface area (Å²) in [5.41, 5.74) is 3.36. The number of morpholine rings is 1. The number of anilines is 3. The van der Waals surface area contributed by atoms with E-state index >= 15 is 0 Å². The number of rotatable bonds is 8. The maximum atomic E-state index is 5.44. The van der Waals surface area contributed by atoms with Gasteiger partial charge in [0, 0.05) is 42.7 Å². The van der Waals surface area contributed by atoms with Crippen molar-refractivity contribution in [2.45, 2.75) is 26.3 Å². The van der Waals surface area contributed by atoms with E-state index in [9.17, 15) is 0 Å². The minimum atomic E-state index is 0.366. The van der Waals surface area contributed by atoms with E-state index in [0.717, 1.165) is 51.5 Å². The summed E-state index contributed by atoms with van der Waals surface area (Å²) in [6.07, 6.45) is 1.07. The van der Waals surface area contributed by atoms with Gasteiger partial charge in [0.05, 0.1) is 13.2 Å². The van der Waals surface area contributed by atoms with E-state index in [-0.39, 0.29) is 0 Å². The van der Waals surface area contributed by atoms with Gasteiger partial charge in [0.2, 0.25) is 0 Å². The van der Waals surface area contributed by atoms with Gasteiger partial charge in [-0.05, 0) is 75.4 Å². The molecule has 1 aliphatic heterocycles. The molecule has 29 heavy (non-hydrogen) atoms. The van der Waals surface area contributed by atoms with Crippen molar-refractivity contribution in [1.82, 2.24) is 10.2 Å². The first-order valence-electron chi connectivity index (χ1n) is 10.4. The maximum absolute atomic E-state index is 5.44. The van der Waals surface area contributed by atoms with Crippen LogP contribution in [0.15, 0.2) is 54.6 Å². The first kappa shape index (κ1) is 21.6. The van der Waals surface area contributed by atoms with Gasteiger partial charge in [-0.1, -0.05) is 18.2 Å². The molecule has 2 aromatic rings. The Morgan fingerprint density at radius 2 is 1.69 bits per heavy atom. The highest BCUT2D eigenvalue weighted by atomic mass is 32.1. The molecule has 1 aliphatic rings. The summed E-state index contributed by atoms with van der Waals surface area (Å²) in [4.78, 5) is 4.76. The minimum Gasteiger partial charge on any atom is -0.379 e. The molecule has 0 radical (unpaired) electrons. The summed E-state index contributed by atoms with van der Waals surface area (Å²) in [6, 6.07) is 19.3. The first-order valence-corrected chi connectivity index (χ1v) is 10.8. The van der Waals surface area contributed by atoms with Crippen molar-refractivity contribution in [3.8, 4) is 0 Å². The number of thiocarbonyl (C=S) groups is 1. The molecule has 0 aromatic heterocycles. The van der Waals surface area contributed by atoms with Crippen molar-refractivity contribution in [2.75, 3.05) is 49.6 Å². The van der Waals surface area contributed by atoms with Crippen LogP contribution in [0.25, 0.3) is 0 Å². The average molecular weight is 413 g/mol. The first-order chi connectivity index (χ1) is 14.1. The molecule has 1 fully saturated rings. The van der Waals surface area contributed by atoms with Crippen LogP contribution in [-0.2, 0) is 4.74 Å². The lowest BCUT2D eigenvalue weighted by atomic mass is 10.2. The van der Waals surface area contributed by atoms with Crippen molar-refractivity contribution >= 4 is 34.4 Å². The molecular weight excluding hydrogens is 380 g/mol. The topological polar surface area (TPSA) is 39.8 Å². The van der Waals surface area contributed by atoms with Gasteiger partial charge in [-0.15, -0.1) is 0 Å². The molecule has 3 rings (SSSR count). The van der Waals surface area contributed by atoms with Crippen LogP contribution in [0.4, 0.5) is 17.1 Å². The highest BCUT2D eigenvalue weighted by Crippen LogP contribution is 2.28. The molecule has 156 valence electrons. The highest BCUT2D eigenvalue weighted by Gasteiger charge is 2.13. The molecule has 1 saturated heterocycles. The van der Waals surface area contributed by atoms with Gasteiger partial charge in [-0.3, -0.25) is 4.90 Å². The molecule has 0 unspecified atom stereocenters. The van der Waals surface area contributed by atoms with Crippen LogP contribution in [0.1, 0.15) is 20.3 Å². The standard InChI is InChI=1S/C23H32N4OS/c1-19(2)27(21-7-4-3-5-8-21)22-11-9-20(10-12-22)25-23(29)24-13-6-14-26-15-17-28-18-16-26/h3-5,7-12,19H,6,13-18H2,1-2H3,(H2,24,25,29). The largest absolute Gasteiger partial charge is 0.379 e. The number of para-hydroxylation sites is 1. The predicted octanol–water partition coefficient (Wildman–Crippen LogP) is 4.24. The molecule has 0 aliphatic carbocycles.